The van der Waals surface area contributed by atoms with E-state index in [1.54, 1.807) is 25.3 Å². The summed E-state index contributed by atoms with van der Waals surface area (Å²) in [7, 11) is -2.17. The molecule has 0 bridgehead atoms. The second kappa shape index (κ2) is 11.1. The molecule has 9 heteroatoms. The molecule has 1 aromatic carbocycles. The molecule has 0 unspecified atom stereocenters. The van der Waals surface area contributed by atoms with Crippen molar-refractivity contribution in [1.82, 2.24) is 8.87 Å². The quantitative estimate of drug-likeness (QED) is 0.296. The van der Waals surface area contributed by atoms with Crippen LogP contribution in [-0.4, -0.2) is 62.5 Å². The molecule has 3 rings (SSSR count). The molecule has 0 amide bonds. The van der Waals surface area contributed by atoms with Gasteiger partial charge in [0.2, 0.25) is 15.8 Å². The number of rotatable bonds is 10. The summed E-state index contributed by atoms with van der Waals surface area (Å²) in [5.74, 6) is -1.15. The zero-order valence-electron chi connectivity index (χ0n) is 19.5. The van der Waals surface area contributed by atoms with Gasteiger partial charge < -0.3 is 14.0 Å². The van der Waals surface area contributed by atoms with Crippen LogP contribution < -0.4 is 0 Å². The number of esters is 1. The number of hydrogen-bond donors (Lipinski definition) is 0. The Balaban J connectivity index is 1.72. The van der Waals surface area contributed by atoms with Crippen LogP contribution in [-0.2, 0) is 26.0 Å². The van der Waals surface area contributed by atoms with Crippen molar-refractivity contribution in [2.45, 2.75) is 51.0 Å². The number of ether oxygens (including phenoxy) is 2. The summed E-state index contributed by atoms with van der Waals surface area (Å²) in [6.45, 7) is 5.53. The Morgan fingerprint density at radius 1 is 1.03 bits per heavy atom. The van der Waals surface area contributed by atoms with E-state index < -0.39 is 22.6 Å². The van der Waals surface area contributed by atoms with Gasteiger partial charge in [-0.1, -0.05) is 18.6 Å². The topological polar surface area (TPSA) is 94.9 Å². The predicted octanol–water partition coefficient (Wildman–Crippen LogP) is 3.36. The van der Waals surface area contributed by atoms with Crippen molar-refractivity contribution < 1.29 is 27.5 Å². The Bertz CT molecular complexity index is 1100. The van der Waals surface area contributed by atoms with E-state index in [-0.39, 0.29) is 16.2 Å². The highest BCUT2D eigenvalue weighted by Gasteiger charge is 2.30. The number of sulfonamides is 1. The number of aromatic nitrogens is 1. The predicted molar refractivity (Wildman–Crippen MR) is 124 cm³/mol. The molecular weight excluding hydrogens is 444 g/mol. The lowest BCUT2D eigenvalue weighted by Gasteiger charge is -2.26. The molecule has 0 spiro atoms. The fourth-order valence-corrected chi connectivity index (χ4v) is 5.88. The van der Waals surface area contributed by atoms with Gasteiger partial charge in [0.25, 0.3) is 0 Å². The van der Waals surface area contributed by atoms with Crippen LogP contribution in [0.1, 0.15) is 57.8 Å². The standard InChI is InChI=1S/C24H32N2O6S/c1-18-16-21(19(2)26(18)14-9-15-31-3)22(27)17-32-24(28)20-10-5-6-11-23(20)33(29,30)25-12-7-4-8-13-25/h5-6,10-11,16H,4,7-9,12-15,17H2,1-3H3. The van der Waals surface area contributed by atoms with Crippen LogP contribution in [0.4, 0.5) is 0 Å². The number of benzene rings is 1. The molecule has 1 aromatic heterocycles. The molecule has 0 radical (unpaired) electrons. The molecule has 0 atom stereocenters. The van der Waals surface area contributed by atoms with Crippen LogP contribution in [0.3, 0.4) is 0 Å². The number of methoxy groups -OCH3 is 1. The fourth-order valence-electron chi connectivity index (χ4n) is 4.19. The minimum Gasteiger partial charge on any atom is -0.454 e. The Morgan fingerprint density at radius 3 is 2.42 bits per heavy atom. The van der Waals surface area contributed by atoms with Crippen molar-refractivity contribution in [3.8, 4) is 0 Å². The van der Waals surface area contributed by atoms with Crippen LogP contribution in [0, 0.1) is 13.8 Å². The van der Waals surface area contributed by atoms with Crippen LogP contribution >= 0.6 is 0 Å². The van der Waals surface area contributed by atoms with E-state index in [2.05, 4.69) is 0 Å². The van der Waals surface area contributed by atoms with E-state index in [1.165, 1.54) is 16.4 Å². The van der Waals surface area contributed by atoms with Gasteiger partial charge in [0.05, 0.1) is 10.5 Å². The summed E-state index contributed by atoms with van der Waals surface area (Å²) >= 11 is 0. The number of carbonyl (C=O) groups is 2. The van der Waals surface area contributed by atoms with Gasteiger partial charge in [-0.05, 0) is 51.3 Å². The monoisotopic (exact) mass is 476 g/mol. The van der Waals surface area contributed by atoms with Crippen molar-refractivity contribution in [1.29, 1.82) is 0 Å². The third kappa shape index (κ3) is 5.72. The molecular formula is C24H32N2O6S. The zero-order valence-corrected chi connectivity index (χ0v) is 20.3. The van der Waals surface area contributed by atoms with Crippen molar-refractivity contribution in [2.24, 2.45) is 0 Å². The summed E-state index contributed by atoms with van der Waals surface area (Å²) in [4.78, 5) is 25.5. The Kier molecular flexibility index (Phi) is 8.45. The lowest BCUT2D eigenvalue weighted by molar-refractivity contribution is 0.0470. The number of hydrogen-bond acceptors (Lipinski definition) is 6. The molecule has 2 heterocycles. The van der Waals surface area contributed by atoms with Crippen LogP contribution in [0.15, 0.2) is 35.2 Å². The lowest BCUT2D eigenvalue weighted by Crippen LogP contribution is -2.36. The molecule has 180 valence electrons. The van der Waals surface area contributed by atoms with Crippen molar-refractivity contribution >= 4 is 21.8 Å². The number of carbonyl (C=O) groups excluding carboxylic acids is 2. The van der Waals surface area contributed by atoms with Gasteiger partial charge in [0.15, 0.2) is 6.61 Å². The van der Waals surface area contributed by atoms with E-state index in [0.29, 0.717) is 25.3 Å². The maximum absolute atomic E-state index is 13.1. The number of nitrogens with zero attached hydrogens (tertiary/aromatic N) is 2. The number of aryl methyl sites for hydroxylation is 1. The Hall–Kier alpha value is -2.49. The third-order valence-electron chi connectivity index (χ3n) is 5.98. The van der Waals surface area contributed by atoms with E-state index in [9.17, 15) is 18.0 Å². The van der Waals surface area contributed by atoms with E-state index >= 15 is 0 Å². The van der Waals surface area contributed by atoms with Gasteiger partial charge >= 0.3 is 5.97 Å². The minimum atomic E-state index is -3.81. The minimum absolute atomic E-state index is 0.0547. The van der Waals surface area contributed by atoms with Gasteiger partial charge in [0, 0.05) is 50.3 Å². The summed E-state index contributed by atoms with van der Waals surface area (Å²) < 4.78 is 40.0. The molecule has 0 saturated carbocycles. The molecule has 2 aromatic rings. The maximum Gasteiger partial charge on any atom is 0.339 e. The van der Waals surface area contributed by atoms with Crippen LogP contribution in [0.5, 0.6) is 0 Å². The zero-order chi connectivity index (χ0) is 24.0. The lowest BCUT2D eigenvalue weighted by atomic mass is 10.1. The average Bonchev–Trinajstić information content (AvgIpc) is 3.11. The molecule has 0 aliphatic carbocycles. The van der Waals surface area contributed by atoms with Gasteiger partial charge in [0.1, 0.15) is 0 Å². The largest absolute Gasteiger partial charge is 0.454 e. The smallest absolute Gasteiger partial charge is 0.339 e. The van der Waals surface area contributed by atoms with Crippen molar-refractivity contribution in [3.05, 3.63) is 52.8 Å². The Morgan fingerprint density at radius 2 is 1.73 bits per heavy atom. The second-order valence-corrected chi connectivity index (χ2v) is 10.1. The summed E-state index contributed by atoms with van der Waals surface area (Å²) in [6.07, 6.45) is 3.40. The SMILES string of the molecule is COCCCn1c(C)cc(C(=O)COC(=O)c2ccccc2S(=O)(=O)N2CCCCC2)c1C. The summed E-state index contributed by atoms with van der Waals surface area (Å²) in [5.41, 5.74) is 2.18. The van der Waals surface area contributed by atoms with Gasteiger partial charge in [-0.15, -0.1) is 0 Å². The van der Waals surface area contributed by atoms with Crippen molar-refractivity contribution in [3.63, 3.8) is 0 Å². The van der Waals surface area contributed by atoms with E-state index in [0.717, 1.165) is 43.6 Å². The van der Waals surface area contributed by atoms with Gasteiger partial charge in [-0.2, -0.15) is 4.31 Å². The summed E-state index contributed by atoms with van der Waals surface area (Å²) in [6, 6.07) is 7.78. The first-order valence-electron chi connectivity index (χ1n) is 11.2. The third-order valence-corrected chi connectivity index (χ3v) is 7.94. The highest BCUT2D eigenvalue weighted by Crippen LogP contribution is 2.24. The van der Waals surface area contributed by atoms with Crippen LogP contribution in [0.25, 0.3) is 0 Å². The molecule has 1 aliphatic rings. The number of ketones is 1. The molecule has 0 N–H and O–H groups in total. The molecule has 1 saturated heterocycles. The average molecular weight is 477 g/mol. The normalized spacial score (nSPS) is 14.9. The molecule has 33 heavy (non-hydrogen) atoms. The molecule has 1 aliphatic heterocycles. The first-order chi connectivity index (χ1) is 15.8. The first kappa shape index (κ1) is 25.1. The van der Waals surface area contributed by atoms with Gasteiger partial charge in [-0.25, -0.2) is 13.2 Å². The number of piperidine rings is 1. The van der Waals surface area contributed by atoms with Crippen LogP contribution in [0.2, 0.25) is 0 Å². The second-order valence-electron chi connectivity index (χ2n) is 8.24. The Labute approximate surface area is 195 Å². The highest BCUT2D eigenvalue weighted by molar-refractivity contribution is 7.89. The maximum atomic E-state index is 13.1. The molecule has 8 nitrogen and oxygen atoms in total. The van der Waals surface area contributed by atoms with Crippen molar-refractivity contribution in [2.75, 3.05) is 33.4 Å². The van der Waals surface area contributed by atoms with Gasteiger partial charge in [-0.3, -0.25) is 4.79 Å². The fraction of sp³-hybridized carbons (Fsp3) is 0.500. The number of Topliss-reactive ketones (excluding diaryl/α,β-unsaturated/α-hetero) is 1. The summed E-state index contributed by atoms with van der Waals surface area (Å²) in [5, 5.41) is 0. The molecule has 1 fully saturated rings. The first-order valence-corrected chi connectivity index (χ1v) is 12.7. The van der Waals surface area contributed by atoms with E-state index in [4.69, 9.17) is 9.47 Å². The van der Waals surface area contributed by atoms with E-state index in [1.807, 2.05) is 18.4 Å². The highest BCUT2D eigenvalue weighted by atomic mass is 32.2.